The topological polar surface area (TPSA) is 56.9 Å². The average Bonchev–Trinajstić information content (AvgIpc) is 3.04. The molecule has 0 unspecified atom stereocenters. The molecule has 1 heterocycles. The first-order chi connectivity index (χ1) is 17.7. The molecular weight excluding hydrogens is 474 g/mol. The van der Waals surface area contributed by atoms with Crippen molar-refractivity contribution in [3.63, 3.8) is 0 Å². The van der Waals surface area contributed by atoms with Crippen LogP contribution >= 0.6 is 11.8 Å². The van der Waals surface area contributed by atoms with Crippen LogP contribution < -0.4 is 11.2 Å². The Balaban J connectivity index is 0.000000249. The van der Waals surface area contributed by atoms with Crippen LogP contribution in [0.5, 0.6) is 0 Å². The Bertz CT molecular complexity index is 941. The van der Waals surface area contributed by atoms with Crippen LogP contribution in [0.25, 0.3) is 0 Å². The first-order valence-electron chi connectivity index (χ1n) is 13.9. The van der Waals surface area contributed by atoms with Gasteiger partial charge in [0.1, 0.15) is 0 Å². The van der Waals surface area contributed by atoms with Gasteiger partial charge in [-0.15, -0.1) is 11.8 Å². The van der Waals surface area contributed by atoms with Gasteiger partial charge in [0.15, 0.2) is 0 Å². The largest absolute Gasteiger partial charge is 0.324 e. The zero-order valence-corrected chi connectivity index (χ0v) is 25.0. The summed E-state index contributed by atoms with van der Waals surface area (Å²) in [4.78, 5) is 7.79. The monoisotopic (exact) mass is 525 g/mol. The molecule has 5 nitrogen and oxygen atoms in total. The van der Waals surface area contributed by atoms with Crippen molar-refractivity contribution in [3.05, 3.63) is 59.2 Å². The average molecular weight is 526 g/mol. The minimum Gasteiger partial charge on any atom is -0.324 e. The molecule has 37 heavy (non-hydrogen) atoms. The standard InChI is InChI=1S/C16H26N4S.C9H11N.C6H14/c1-19(18-12-16(17)7-4-8-16)13-20-9-10-21-15-6-3-2-5-14(15)11-20;1-7-4-5-9(10-3)8(2)6-7;1-4-5-6(2)3/h2-3,5-6,18H,4,7-13,17H2,1H3;4-6H,3H2,1-2H3;6H,4-5H2,1-3H3. The van der Waals surface area contributed by atoms with E-state index in [4.69, 9.17) is 5.73 Å². The van der Waals surface area contributed by atoms with E-state index >= 15 is 0 Å². The molecule has 206 valence electrons. The van der Waals surface area contributed by atoms with E-state index in [0.717, 1.165) is 56.5 Å². The smallest absolute Gasteiger partial charge is 0.0651 e. The van der Waals surface area contributed by atoms with E-state index in [1.807, 2.05) is 30.8 Å². The first kappa shape index (κ1) is 31.5. The molecule has 2 aromatic rings. The number of nitrogens with one attached hydrogen (secondary N) is 1. The number of thioether (sulfide) groups is 1. The molecule has 0 aromatic heterocycles. The minimum atomic E-state index is 0.0372. The van der Waals surface area contributed by atoms with Gasteiger partial charge in [-0.3, -0.25) is 15.3 Å². The van der Waals surface area contributed by atoms with Crippen LogP contribution in [0, 0.1) is 19.8 Å². The molecule has 0 atom stereocenters. The lowest BCUT2D eigenvalue weighted by atomic mass is 9.78. The molecular formula is C31H51N5S. The highest BCUT2D eigenvalue weighted by Crippen LogP contribution is 2.28. The predicted molar refractivity (Wildman–Crippen MR) is 164 cm³/mol. The van der Waals surface area contributed by atoms with Crippen molar-refractivity contribution in [2.45, 2.75) is 83.7 Å². The summed E-state index contributed by atoms with van der Waals surface area (Å²) in [6.45, 7) is 18.3. The maximum Gasteiger partial charge on any atom is 0.0651 e. The van der Waals surface area contributed by atoms with Crippen LogP contribution in [0.3, 0.4) is 0 Å². The summed E-state index contributed by atoms with van der Waals surface area (Å²) >= 11 is 1.97. The Morgan fingerprint density at radius 3 is 2.49 bits per heavy atom. The second-order valence-corrected chi connectivity index (χ2v) is 12.2. The molecule has 0 bridgehead atoms. The third-order valence-corrected chi connectivity index (χ3v) is 7.98. The summed E-state index contributed by atoms with van der Waals surface area (Å²) in [5, 5.41) is 2.19. The molecule has 0 spiro atoms. The molecule has 2 aromatic carbocycles. The van der Waals surface area contributed by atoms with Crippen LogP contribution in [0.4, 0.5) is 5.69 Å². The fourth-order valence-electron chi connectivity index (χ4n) is 4.51. The number of hydrogen-bond donors (Lipinski definition) is 2. The highest BCUT2D eigenvalue weighted by molar-refractivity contribution is 7.99. The van der Waals surface area contributed by atoms with Gasteiger partial charge in [-0.25, -0.2) is 5.01 Å². The van der Waals surface area contributed by atoms with Crippen LogP contribution in [0.15, 0.2) is 52.4 Å². The van der Waals surface area contributed by atoms with E-state index in [0.29, 0.717) is 0 Å². The van der Waals surface area contributed by atoms with E-state index < -0.39 is 0 Å². The summed E-state index contributed by atoms with van der Waals surface area (Å²) in [5.41, 5.74) is 14.7. The lowest BCUT2D eigenvalue weighted by Crippen LogP contribution is -2.57. The zero-order chi connectivity index (χ0) is 27.3. The van der Waals surface area contributed by atoms with Gasteiger partial charge in [0.25, 0.3) is 0 Å². The number of aryl methyl sites for hydroxylation is 2. The molecule has 4 rings (SSSR count). The van der Waals surface area contributed by atoms with Crippen molar-refractivity contribution in [2.24, 2.45) is 16.6 Å². The van der Waals surface area contributed by atoms with Gasteiger partial charge in [-0.1, -0.05) is 69.5 Å². The maximum absolute atomic E-state index is 6.27. The highest BCUT2D eigenvalue weighted by atomic mass is 32.2. The number of aliphatic imine (C=N–C) groups is 1. The van der Waals surface area contributed by atoms with Crippen molar-refractivity contribution in [3.8, 4) is 0 Å². The minimum absolute atomic E-state index is 0.0372. The SMILES string of the molecule is C=Nc1ccc(C)cc1C.CCCC(C)C.CN(CN1CCSc2ccccc2C1)NCC1(N)CCC1. The van der Waals surface area contributed by atoms with Gasteiger partial charge in [0, 0.05) is 42.9 Å². The third-order valence-electron chi connectivity index (χ3n) is 6.88. The van der Waals surface area contributed by atoms with Gasteiger partial charge < -0.3 is 5.73 Å². The fraction of sp³-hybridized carbons (Fsp3) is 0.581. The van der Waals surface area contributed by atoms with E-state index in [2.05, 4.69) is 92.1 Å². The quantitative estimate of drug-likeness (QED) is 0.289. The van der Waals surface area contributed by atoms with Gasteiger partial charge >= 0.3 is 0 Å². The second kappa shape index (κ2) is 16.3. The number of hydrogen-bond acceptors (Lipinski definition) is 6. The number of nitrogens with zero attached hydrogens (tertiary/aromatic N) is 3. The summed E-state index contributed by atoms with van der Waals surface area (Å²) in [6.07, 6.45) is 6.29. The van der Waals surface area contributed by atoms with Gasteiger partial charge in [-0.2, -0.15) is 0 Å². The molecule has 2 aliphatic rings. The number of fused-ring (bicyclic) bond motifs is 1. The summed E-state index contributed by atoms with van der Waals surface area (Å²) in [7, 11) is 2.12. The molecule has 1 saturated carbocycles. The second-order valence-electron chi connectivity index (χ2n) is 11.0. The van der Waals surface area contributed by atoms with E-state index in [-0.39, 0.29) is 5.54 Å². The Hall–Kier alpha value is -1.70. The maximum atomic E-state index is 6.27. The van der Waals surface area contributed by atoms with E-state index in [1.165, 1.54) is 40.8 Å². The van der Waals surface area contributed by atoms with Crippen LogP contribution in [-0.2, 0) is 6.54 Å². The molecule has 0 radical (unpaired) electrons. The van der Waals surface area contributed by atoms with Crippen molar-refractivity contribution in [1.29, 1.82) is 0 Å². The fourth-order valence-corrected chi connectivity index (χ4v) is 5.57. The molecule has 0 amide bonds. The van der Waals surface area contributed by atoms with Gasteiger partial charge in [0.05, 0.1) is 12.4 Å². The van der Waals surface area contributed by atoms with E-state index in [9.17, 15) is 0 Å². The van der Waals surface area contributed by atoms with Crippen LogP contribution in [0.2, 0.25) is 0 Å². The number of nitrogens with two attached hydrogens (primary N) is 1. The highest BCUT2D eigenvalue weighted by Gasteiger charge is 2.32. The molecule has 1 fully saturated rings. The Morgan fingerprint density at radius 2 is 1.92 bits per heavy atom. The third kappa shape index (κ3) is 11.7. The van der Waals surface area contributed by atoms with E-state index in [1.54, 1.807) is 0 Å². The normalized spacial score (nSPS) is 16.5. The summed E-state index contributed by atoms with van der Waals surface area (Å²) in [6, 6.07) is 14.9. The molecule has 6 heteroatoms. The Kier molecular flexibility index (Phi) is 13.9. The van der Waals surface area contributed by atoms with Crippen molar-refractivity contribution < 1.29 is 0 Å². The van der Waals surface area contributed by atoms with Crippen molar-refractivity contribution in [2.75, 3.05) is 32.6 Å². The molecule has 1 aliphatic heterocycles. The Morgan fingerprint density at radius 1 is 1.19 bits per heavy atom. The molecule has 0 saturated heterocycles. The molecule has 1 aliphatic carbocycles. The zero-order valence-electron chi connectivity index (χ0n) is 24.2. The number of hydrazine groups is 1. The van der Waals surface area contributed by atoms with Gasteiger partial charge in [0.2, 0.25) is 0 Å². The van der Waals surface area contributed by atoms with Gasteiger partial charge in [-0.05, 0) is 69.0 Å². The van der Waals surface area contributed by atoms with Crippen LogP contribution in [0.1, 0.15) is 69.6 Å². The lowest BCUT2D eigenvalue weighted by Gasteiger charge is -2.40. The number of rotatable bonds is 8. The first-order valence-corrected chi connectivity index (χ1v) is 14.8. The predicted octanol–water partition coefficient (Wildman–Crippen LogP) is 6.95. The van der Waals surface area contributed by atoms with Crippen molar-refractivity contribution >= 4 is 24.2 Å². The summed E-state index contributed by atoms with van der Waals surface area (Å²) in [5.74, 6) is 2.06. The Labute approximate surface area is 231 Å². The van der Waals surface area contributed by atoms with Crippen molar-refractivity contribution in [1.82, 2.24) is 15.3 Å². The molecule has 3 N–H and O–H groups in total. The summed E-state index contributed by atoms with van der Waals surface area (Å²) < 4.78 is 0. The lowest BCUT2D eigenvalue weighted by molar-refractivity contribution is 0.0892. The van der Waals surface area contributed by atoms with Crippen LogP contribution in [-0.4, -0.2) is 54.7 Å². The number of benzene rings is 2.